The van der Waals surface area contributed by atoms with Gasteiger partial charge in [0.2, 0.25) is 5.91 Å². The van der Waals surface area contributed by atoms with E-state index >= 15 is 0 Å². The minimum atomic E-state index is -0.307. The second-order valence-corrected chi connectivity index (χ2v) is 5.89. The van der Waals surface area contributed by atoms with Crippen molar-refractivity contribution in [3.8, 4) is 0 Å². The Morgan fingerprint density at radius 3 is 2.48 bits per heavy atom. The van der Waals surface area contributed by atoms with Gasteiger partial charge in [-0.3, -0.25) is 9.59 Å². The molecule has 3 nitrogen and oxygen atoms in total. The van der Waals surface area contributed by atoms with Crippen LogP contribution in [-0.2, 0) is 17.6 Å². The van der Waals surface area contributed by atoms with E-state index in [-0.39, 0.29) is 23.9 Å². The van der Waals surface area contributed by atoms with Crippen LogP contribution in [-0.4, -0.2) is 18.2 Å². The van der Waals surface area contributed by atoms with E-state index < -0.39 is 0 Å². The Labute approximate surface area is 126 Å². The number of hydrogen-bond acceptors (Lipinski definition) is 3. The van der Waals surface area contributed by atoms with Crippen LogP contribution in [0.4, 0.5) is 4.39 Å². The first-order valence-electron chi connectivity index (χ1n) is 6.65. The van der Waals surface area contributed by atoms with Gasteiger partial charge in [-0.1, -0.05) is 12.1 Å². The molecule has 1 heterocycles. The summed E-state index contributed by atoms with van der Waals surface area (Å²) in [5.74, 6) is -0.338. The number of carbonyl (C=O) groups excluding carboxylic acids is 2. The van der Waals surface area contributed by atoms with E-state index in [4.69, 9.17) is 0 Å². The third-order valence-electron chi connectivity index (χ3n) is 2.98. The highest BCUT2D eigenvalue weighted by Gasteiger charge is 2.06. The van der Waals surface area contributed by atoms with Crippen molar-refractivity contribution in [2.45, 2.75) is 19.8 Å². The third kappa shape index (κ3) is 4.79. The lowest BCUT2D eigenvalue weighted by Gasteiger charge is -2.04. The van der Waals surface area contributed by atoms with Crippen molar-refractivity contribution in [3.63, 3.8) is 0 Å². The van der Waals surface area contributed by atoms with Gasteiger partial charge >= 0.3 is 0 Å². The lowest BCUT2D eigenvalue weighted by atomic mass is 10.1. The molecule has 1 aromatic carbocycles. The van der Waals surface area contributed by atoms with Crippen molar-refractivity contribution in [2.24, 2.45) is 0 Å². The van der Waals surface area contributed by atoms with Crippen LogP contribution in [0.25, 0.3) is 0 Å². The number of benzene rings is 1. The summed E-state index contributed by atoms with van der Waals surface area (Å²) in [6, 6.07) is 9.62. The maximum atomic E-state index is 12.7. The van der Waals surface area contributed by atoms with E-state index in [2.05, 4.69) is 5.32 Å². The summed E-state index contributed by atoms with van der Waals surface area (Å²) in [5.41, 5.74) is 0.781. The summed E-state index contributed by atoms with van der Waals surface area (Å²) in [6.45, 7) is 2.07. The molecule has 0 aliphatic heterocycles. The number of carbonyl (C=O) groups is 2. The van der Waals surface area contributed by atoms with Crippen molar-refractivity contribution < 1.29 is 14.0 Å². The highest BCUT2D eigenvalue weighted by atomic mass is 32.1. The number of Topliss-reactive ketones (excluding diaryl/α,β-unsaturated/α-hetero) is 1. The molecule has 110 valence electrons. The topological polar surface area (TPSA) is 46.2 Å². The standard InChI is InChI=1S/C16H16FNO2S/c1-11(19)15-7-6-14(21-15)8-9-18-16(20)10-12-2-4-13(17)5-3-12/h2-7H,8-10H2,1H3,(H,18,20). The second kappa shape index (κ2) is 7.13. The Morgan fingerprint density at radius 2 is 1.86 bits per heavy atom. The summed E-state index contributed by atoms with van der Waals surface area (Å²) < 4.78 is 12.7. The van der Waals surface area contributed by atoms with Crippen LogP contribution in [0.2, 0.25) is 0 Å². The van der Waals surface area contributed by atoms with Crippen LogP contribution < -0.4 is 5.32 Å². The van der Waals surface area contributed by atoms with Crippen LogP contribution >= 0.6 is 11.3 Å². The van der Waals surface area contributed by atoms with Crippen molar-refractivity contribution in [1.29, 1.82) is 0 Å². The van der Waals surface area contributed by atoms with Gasteiger partial charge in [-0.05, 0) is 43.2 Å². The molecule has 21 heavy (non-hydrogen) atoms. The number of nitrogens with one attached hydrogen (secondary N) is 1. The fourth-order valence-corrected chi connectivity index (χ4v) is 2.78. The Hall–Kier alpha value is -2.01. The molecular weight excluding hydrogens is 289 g/mol. The minimum absolute atomic E-state index is 0.0617. The predicted octanol–water partition coefficient (Wildman–Crippen LogP) is 2.99. The number of halogens is 1. The predicted molar refractivity (Wildman–Crippen MR) is 81.1 cm³/mol. The SMILES string of the molecule is CC(=O)c1ccc(CCNC(=O)Cc2ccc(F)cc2)s1. The van der Waals surface area contributed by atoms with Crippen molar-refractivity contribution >= 4 is 23.0 Å². The zero-order chi connectivity index (χ0) is 15.2. The van der Waals surface area contributed by atoms with Crippen LogP contribution in [0.3, 0.4) is 0 Å². The van der Waals surface area contributed by atoms with Gasteiger partial charge in [0.25, 0.3) is 0 Å². The number of ketones is 1. The van der Waals surface area contributed by atoms with Gasteiger partial charge in [0, 0.05) is 11.4 Å². The molecule has 0 saturated carbocycles. The first-order valence-corrected chi connectivity index (χ1v) is 7.47. The van der Waals surface area contributed by atoms with E-state index in [0.717, 1.165) is 15.3 Å². The molecule has 0 radical (unpaired) electrons. The largest absolute Gasteiger partial charge is 0.355 e. The zero-order valence-corrected chi connectivity index (χ0v) is 12.5. The van der Waals surface area contributed by atoms with Crippen LogP contribution in [0.1, 0.15) is 27.0 Å². The molecule has 0 aliphatic carbocycles. The third-order valence-corrected chi connectivity index (χ3v) is 4.23. The molecule has 1 amide bonds. The van der Waals surface area contributed by atoms with Crippen LogP contribution in [0.15, 0.2) is 36.4 Å². The Morgan fingerprint density at radius 1 is 1.14 bits per heavy atom. The molecule has 0 saturated heterocycles. The van der Waals surface area contributed by atoms with Crippen molar-refractivity contribution in [3.05, 3.63) is 57.5 Å². The molecule has 1 N–H and O–H groups in total. The summed E-state index contributed by atoms with van der Waals surface area (Å²) in [7, 11) is 0. The van der Waals surface area contributed by atoms with Gasteiger partial charge in [0.15, 0.2) is 5.78 Å². The Kier molecular flexibility index (Phi) is 5.22. The van der Waals surface area contributed by atoms with Gasteiger partial charge in [-0.25, -0.2) is 4.39 Å². The molecule has 2 rings (SSSR count). The Balaban J connectivity index is 1.76. The molecule has 0 bridgehead atoms. The van der Waals surface area contributed by atoms with Gasteiger partial charge in [0.1, 0.15) is 5.82 Å². The molecule has 5 heteroatoms. The summed E-state index contributed by atoms with van der Waals surface area (Å²) in [6.07, 6.45) is 0.941. The molecular formula is C16H16FNO2S. The lowest BCUT2D eigenvalue weighted by Crippen LogP contribution is -2.27. The molecule has 0 atom stereocenters. The second-order valence-electron chi connectivity index (χ2n) is 4.73. The van der Waals surface area contributed by atoms with E-state index in [1.165, 1.54) is 23.5 Å². The van der Waals surface area contributed by atoms with Gasteiger partial charge in [0.05, 0.1) is 11.3 Å². The molecule has 0 aliphatic rings. The highest BCUT2D eigenvalue weighted by molar-refractivity contribution is 7.14. The number of rotatable bonds is 6. The van der Waals surface area contributed by atoms with Gasteiger partial charge in [-0.2, -0.15) is 0 Å². The minimum Gasteiger partial charge on any atom is -0.355 e. The van der Waals surface area contributed by atoms with Crippen molar-refractivity contribution in [2.75, 3.05) is 6.54 Å². The number of amides is 1. The van der Waals surface area contributed by atoms with Crippen molar-refractivity contribution in [1.82, 2.24) is 5.32 Å². The monoisotopic (exact) mass is 305 g/mol. The first-order chi connectivity index (χ1) is 10.0. The molecule has 0 spiro atoms. The van der Waals surface area contributed by atoms with E-state index in [0.29, 0.717) is 13.0 Å². The first kappa shape index (κ1) is 15.4. The summed E-state index contributed by atoms with van der Waals surface area (Å²) in [4.78, 5) is 24.7. The number of thiophene rings is 1. The average molecular weight is 305 g/mol. The average Bonchev–Trinajstić information content (AvgIpc) is 2.90. The van der Waals surface area contributed by atoms with E-state index in [1.807, 2.05) is 12.1 Å². The smallest absolute Gasteiger partial charge is 0.224 e. The molecule has 0 fully saturated rings. The quantitative estimate of drug-likeness (QED) is 0.834. The fraction of sp³-hybridized carbons (Fsp3) is 0.250. The lowest BCUT2D eigenvalue weighted by molar-refractivity contribution is -0.120. The molecule has 2 aromatic rings. The maximum absolute atomic E-state index is 12.7. The molecule has 1 aromatic heterocycles. The Bertz CT molecular complexity index is 634. The van der Waals surface area contributed by atoms with Gasteiger partial charge < -0.3 is 5.32 Å². The molecule has 0 unspecified atom stereocenters. The zero-order valence-electron chi connectivity index (χ0n) is 11.7. The normalized spacial score (nSPS) is 10.4. The highest BCUT2D eigenvalue weighted by Crippen LogP contribution is 2.17. The summed E-state index contributed by atoms with van der Waals surface area (Å²) >= 11 is 1.46. The maximum Gasteiger partial charge on any atom is 0.224 e. The summed E-state index contributed by atoms with van der Waals surface area (Å²) in [5, 5.41) is 2.82. The number of hydrogen-bond donors (Lipinski definition) is 1. The van der Waals surface area contributed by atoms with Crippen LogP contribution in [0.5, 0.6) is 0 Å². The van der Waals surface area contributed by atoms with E-state index in [1.54, 1.807) is 19.1 Å². The van der Waals surface area contributed by atoms with Crippen LogP contribution in [0, 0.1) is 5.82 Å². The fourth-order valence-electron chi connectivity index (χ4n) is 1.88. The van der Waals surface area contributed by atoms with E-state index in [9.17, 15) is 14.0 Å². The van der Waals surface area contributed by atoms with Gasteiger partial charge in [-0.15, -0.1) is 11.3 Å².